The molecule has 4 nitrogen and oxygen atoms in total. The summed E-state index contributed by atoms with van der Waals surface area (Å²) in [7, 11) is 0. The van der Waals surface area contributed by atoms with Gasteiger partial charge in [-0.25, -0.2) is 0 Å². The molecule has 0 spiro atoms. The van der Waals surface area contributed by atoms with Crippen LogP contribution in [-0.4, -0.2) is 29.8 Å². The molecule has 1 N–H and O–H groups in total. The summed E-state index contributed by atoms with van der Waals surface area (Å²) in [6.45, 7) is 5.92. The molecular formula is C14H19ClN2O2. The first-order valence-corrected chi connectivity index (χ1v) is 6.64. The molecule has 0 radical (unpaired) electrons. The highest BCUT2D eigenvalue weighted by atomic mass is 35.5. The molecule has 2 amide bonds. The molecule has 0 aliphatic carbocycles. The van der Waals surface area contributed by atoms with E-state index in [1.807, 2.05) is 13.8 Å². The topological polar surface area (TPSA) is 49.4 Å². The van der Waals surface area contributed by atoms with Gasteiger partial charge in [0.2, 0.25) is 11.8 Å². The highest BCUT2D eigenvalue weighted by Gasteiger charge is 2.13. The number of halogens is 1. The van der Waals surface area contributed by atoms with Gasteiger partial charge in [-0.3, -0.25) is 9.59 Å². The largest absolute Gasteiger partial charge is 0.334 e. The van der Waals surface area contributed by atoms with Gasteiger partial charge in [-0.15, -0.1) is 0 Å². The van der Waals surface area contributed by atoms with Crippen LogP contribution in [0.3, 0.4) is 0 Å². The molecule has 104 valence electrons. The molecule has 0 fully saturated rings. The normalized spacial score (nSPS) is 10.1. The van der Waals surface area contributed by atoms with Crippen LogP contribution in [0.5, 0.6) is 0 Å². The minimum Gasteiger partial charge on any atom is -0.334 e. The first-order valence-electron chi connectivity index (χ1n) is 6.26. The zero-order valence-electron chi connectivity index (χ0n) is 11.5. The molecule has 0 heterocycles. The Bertz CT molecular complexity index is 475. The average Bonchev–Trinajstić information content (AvgIpc) is 2.34. The number of benzene rings is 1. The number of rotatable bonds is 5. The number of amides is 2. The quantitative estimate of drug-likeness (QED) is 0.903. The Morgan fingerprint density at radius 1 is 1.37 bits per heavy atom. The monoisotopic (exact) mass is 282 g/mol. The van der Waals surface area contributed by atoms with E-state index in [0.717, 1.165) is 12.0 Å². The van der Waals surface area contributed by atoms with E-state index in [1.165, 1.54) is 11.8 Å². The van der Waals surface area contributed by atoms with Crippen LogP contribution >= 0.6 is 11.6 Å². The van der Waals surface area contributed by atoms with E-state index >= 15 is 0 Å². The smallest absolute Gasteiger partial charge is 0.244 e. The van der Waals surface area contributed by atoms with E-state index < -0.39 is 0 Å². The number of hydrogen-bond acceptors (Lipinski definition) is 2. The maximum atomic E-state index is 11.9. The van der Waals surface area contributed by atoms with Gasteiger partial charge in [-0.1, -0.05) is 24.6 Å². The second kappa shape index (κ2) is 7.14. The van der Waals surface area contributed by atoms with E-state index in [4.69, 9.17) is 11.6 Å². The zero-order valence-corrected chi connectivity index (χ0v) is 12.3. The molecule has 19 heavy (non-hydrogen) atoms. The van der Waals surface area contributed by atoms with E-state index in [9.17, 15) is 9.59 Å². The van der Waals surface area contributed by atoms with Crippen LogP contribution in [0.15, 0.2) is 18.2 Å². The van der Waals surface area contributed by atoms with Crippen LogP contribution < -0.4 is 5.32 Å². The SMILES string of the molecule is CCCN(CC(=O)Nc1cccc(Cl)c1C)C(C)=O. The molecular weight excluding hydrogens is 264 g/mol. The Balaban J connectivity index is 2.69. The number of carbonyl (C=O) groups is 2. The van der Waals surface area contributed by atoms with Crippen molar-refractivity contribution in [3.05, 3.63) is 28.8 Å². The third-order valence-corrected chi connectivity index (χ3v) is 3.22. The van der Waals surface area contributed by atoms with Crippen LogP contribution in [0.1, 0.15) is 25.8 Å². The lowest BCUT2D eigenvalue weighted by Gasteiger charge is -2.20. The van der Waals surface area contributed by atoms with Crippen molar-refractivity contribution in [2.45, 2.75) is 27.2 Å². The van der Waals surface area contributed by atoms with Crippen LogP contribution in [0.25, 0.3) is 0 Å². The number of nitrogens with zero attached hydrogens (tertiary/aromatic N) is 1. The Hall–Kier alpha value is -1.55. The fourth-order valence-electron chi connectivity index (χ4n) is 1.72. The van der Waals surface area contributed by atoms with E-state index in [-0.39, 0.29) is 18.4 Å². The van der Waals surface area contributed by atoms with Crippen LogP contribution in [0.4, 0.5) is 5.69 Å². The summed E-state index contributed by atoms with van der Waals surface area (Å²) in [5.41, 5.74) is 1.50. The second-order valence-corrected chi connectivity index (χ2v) is 4.81. The summed E-state index contributed by atoms with van der Waals surface area (Å²) in [4.78, 5) is 24.8. The molecule has 0 aliphatic heterocycles. The molecule has 1 aromatic rings. The third-order valence-electron chi connectivity index (χ3n) is 2.82. The highest BCUT2D eigenvalue weighted by Crippen LogP contribution is 2.22. The van der Waals surface area contributed by atoms with Gasteiger partial charge in [0, 0.05) is 24.2 Å². The van der Waals surface area contributed by atoms with E-state index in [0.29, 0.717) is 17.3 Å². The molecule has 0 bridgehead atoms. The van der Waals surface area contributed by atoms with Crippen LogP contribution in [-0.2, 0) is 9.59 Å². The van der Waals surface area contributed by atoms with Crippen molar-refractivity contribution in [2.24, 2.45) is 0 Å². The van der Waals surface area contributed by atoms with Crippen molar-refractivity contribution in [3.8, 4) is 0 Å². The zero-order chi connectivity index (χ0) is 14.4. The molecule has 0 unspecified atom stereocenters. The summed E-state index contributed by atoms with van der Waals surface area (Å²) in [5, 5.41) is 3.38. The van der Waals surface area contributed by atoms with Gasteiger partial charge in [-0.2, -0.15) is 0 Å². The minimum absolute atomic E-state index is 0.0646. The Morgan fingerprint density at radius 2 is 2.05 bits per heavy atom. The maximum Gasteiger partial charge on any atom is 0.244 e. The summed E-state index contributed by atoms with van der Waals surface area (Å²) < 4.78 is 0. The van der Waals surface area contributed by atoms with Crippen molar-refractivity contribution < 1.29 is 9.59 Å². The summed E-state index contributed by atoms with van der Waals surface area (Å²) in [5.74, 6) is -0.311. The van der Waals surface area contributed by atoms with Crippen LogP contribution in [0, 0.1) is 6.92 Å². The molecule has 1 rings (SSSR count). The van der Waals surface area contributed by atoms with Crippen molar-refractivity contribution in [1.29, 1.82) is 0 Å². The van der Waals surface area contributed by atoms with Gasteiger partial charge in [0.15, 0.2) is 0 Å². The Labute approximate surface area is 118 Å². The number of nitrogens with one attached hydrogen (secondary N) is 1. The first kappa shape index (κ1) is 15.5. The minimum atomic E-state index is -0.214. The van der Waals surface area contributed by atoms with Gasteiger partial charge < -0.3 is 10.2 Å². The van der Waals surface area contributed by atoms with E-state index in [2.05, 4.69) is 5.32 Å². The summed E-state index contributed by atoms with van der Waals surface area (Å²) >= 11 is 5.99. The number of carbonyl (C=O) groups excluding carboxylic acids is 2. The lowest BCUT2D eigenvalue weighted by atomic mass is 10.2. The first-order chi connectivity index (χ1) is 8.95. The molecule has 1 aromatic carbocycles. The molecule has 0 aromatic heterocycles. The van der Waals surface area contributed by atoms with Gasteiger partial charge in [-0.05, 0) is 31.0 Å². The van der Waals surface area contributed by atoms with Gasteiger partial charge in [0.25, 0.3) is 0 Å². The Morgan fingerprint density at radius 3 is 2.63 bits per heavy atom. The maximum absolute atomic E-state index is 11.9. The predicted molar refractivity (Wildman–Crippen MR) is 77.4 cm³/mol. The van der Waals surface area contributed by atoms with Gasteiger partial charge in [0.05, 0.1) is 6.54 Å². The second-order valence-electron chi connectivity index (χ2n) is 4.40. The Kier molecular flexibility index (Phi) is 5.83. The standard InChI is InChI=1S/C14H19ClN2O2/c1-4-8-17(11(3)18)9-14(19)16-13-7-5-6-12(15)10(13)2/h5-7H,4,8-9H2,1-3H3,(H,16,19). The average molecular weight is 283 g/mol. The van der Waals surface area contributed by atoms with Gasteiger partial charge >= 0.3 is 0 Å². The lowest BCUT2D eigenvalue weighted by Crippen LogP contribution is -2.37. The third kappa shape index (κ3) is 4.56. The fraction of sp³-hybridized carbons (Fsp3) is 0.429. The summed E-state index contributed by atoms with van der Waals surface area (Å²) in [6, 6.07) is 5.34. The molecule has 0 aliphatic rings. The number of anilines is 1. The van der Waals surface area contributed by atoms with Crippen molar-refractivity contribution in [2.75, 3.05) is 18.4 Å². The molecule has 0 atom stereocenters. The van der Waals surface area contributed by atoms with Crippen LogP contribution in [0.2, 0.25) is 5.02 Å². The summed E-state index contributed by atoms with van der Waals surface area (Å²) in [6.07, 6.45) is 0.822. The molecule has 0 saturated heterocycles. The molecule has 0 saturated carbocycles. The molecule has 5 heteroatoms. The van der Waals surface area contributed by atoms with E-state index in [1.54, 1.807) is 18.2 Å². The van der Waals surface area contributed by atoms with Crippen molar-refractivity contribution in [3.63, 3.8) is 0 Å². The fourth-order valence-corrected chi connectivity index (χ4v) is 1.90. The number of hydrogen-bond donors (Lipinski definition) is 1. The lowest BCUT2D eigenvalue weighted by molar-refractivity contribution is -0.132. The van der Waals surface area contributed by atoms with Crippen molar-refractivity contribution >= 4 is 29.1 Å². The predicted octanol–water partition coefficient (Wildman–Crippen LogP) is 2.85. The highest BCUT2D eigenvalue weighted by molar-refractivity contribution is 6.31. The van der Waals surface area contributed by atoms with Gasteiger partial charge in [0.1, 0.15) is 0 Å². The van der Waals surface area contributed by atoms with Crippen molar-refractivity contribution in [1.82, 2.24) is 4.90 Å².